The average molecular weight is 241 g/mol. The summed E-state index contributed by atoms with van der Waals surface area (Å²) >= 11 is 0. The lowest BCUT2D eigenvalue weighted by atomic mass is 10.2. The number of nitrogens with two attached hydrogens (primary N) is 1. The third kappa shape index (κ3) is 1.57. The van der Waals surface area contributed by atoms with Gasteiger partial charge in [0.2, 0.25) is 5.95 Å². The summed E-state index contributed by atoms with van der Waals surface area (Å²) in [4.78, 5) is 4.40. The number of furan rings is 1. The summed E-state index contributed by atoms with van der Waals surface area (Å²) in [5, 5.41) is 0. The van der Waals surface area contributed by atoms with Crippen LogP contribution in [0.25, 0.3) is 11.0 Å². The highest BCUT2D eigenvalue weighted by molar-refractivity contribution is 5.79. The highest BCUT2D eigenvalue weighted by Gasteiger charge is 2.17. The molecule has 3 aromatic rings. The second kappa shape index (κ2) is 3.91. The summed E-state index contributed by atoms with van der Waals surface area (Å²) in [5.74, 6) is 1.39. The molecule has 0 spiro atoms. The fourth-order valence-corrected chi connectivity index (χ4v) is 2.29. The molecule has 0 fully saturated rings. The number of nitrogen functional groups attached to an aromatic ring is 1. The molecule has 0 aliphatic carbocycles. The predicted molar refractivity (Wildman–Crippen MR) is 71.4 cm³/mol. The molecule has 3 rings (SSSR count). The number of aryl methyl sites for hydroxylation is 1. The first kappa shape index (κ1) is 10.9. The number of benzene rings is 1. The number of nitrogens with zero attached hydrogens (tertiary/aromatic N) is 2. The number of hydrogen-bond acceptors (Lipinski definition) is 3. The van der Waals surface area contributed by atoms with Gasteiger partial charge < -0.3 is 14.7 Å². The van der Waals surface area contributed by atoms with Crippen molar-refractivity contribution in [2.45, 2.75) is 19.9 Å². The molecule has 2 heterocycles. The fourth-order valence-electron chi connectivity index (χ4n) is 2.29. The van der Waals surface area contributed by atoms with E-state index in [1.165, 1.54) is 5.56 Å². The molecule has 2 aromatic heterocycles. The Kier molecular flexibility index (Phi) is 2.37. The van der Waals surface area contributed by atoms with Crippen LogP contribution < -0.4 is 5.73 Å². The van der Waals surface area contributed by atoms with Crippen molar-refractivity contribution in [3.8, 4) is 0 Å². The Balaban J connectivity index is 2.19. The van der Waals surface area contributed by atoms with Crippen LogP contribution in [0.5, 0.6) is 0 Å². The zero-order valence-electron chi connectivity index (χ0n) is 10.4. The molecule has 0 bridgehead atoms. The number of aromatic nitrogens is 2. The van der Waals surface area contributed by atoms with Crippen LogP contribution in [0.15, 0.2) is 41.0 Å². The zero-order chi connectivity index (χ0) is 12.7. The second-order valence-electron chi connectivity index (χ2n) is 4.52. The normalized spacial score (nSPS) is 13.0. The molecule has 4 nitrogen and oxygen atoms in total. The Bertz CT molecular complexity index is 682. The highest BCUT2D eigenvalue weighted by Crippen LogP contribution is 2.27. The Labute approximate surface area is 105 Å². The standard InChI is InChI=1S/C14H15N3O/c1-9-5-6-12-11(8-9)16-14(15)17(12)10(2)13-4-3-7-18-13/h3-8,10H,1-2H3,(H2,15,16). The van der Waals surface area contributed by atoms with Gasteiger partial charge in [-0.25, -0.2) is 4.98 Å². The molecule has 0 saturated carbocycles. The molecule has 1 unspecified atom stereocenters. The van der Waals surface area contributed by atoms with Crippen LogP contribution in [0.3, 0.4) is 0 Å². The first-order valence-corrected chi connectivity index (χ1v) is 5.94. The summed E-state index contributed by atoms with van der Waals surface area (Å²) in [6, 6.07) is 10.0. The molecule has 18 heavy (non-hydrogen) atoms. The van der Waals surface area contributed by atoms with E-state index in [4.69, 9.17) is 10.2 Å². The molecule has 0 saturated heterocycles. The van der Waals surface area contributed by atoms with Crippen molar-refractivity contribution in [1.82, 2.24) is 9.55 Å². The second-order valence-corrected chi connectivity index (χ2v) is 4.52. The van der Waals surface area contributed by atoms with Crippen molar-refractivity contribution >= 4 is 17.0 Å². The van der Waals surface area contributed by atoms with Crippen LogP contribution in [0.2, 0.25) is 0 Å². The zero-order valence-corrected chi connectivity index (χ0v) is 10.4. The molecule has 0 aliphatic heterocycles. The molecule has 1 atom stereocenters. The van der Waals surface area contributed by atoms with E-state index in [0.717, 1.165) is 16.8 Å². The van der Waals surface area contributed by atoms with Crippen LogP contribution >= 0.6 is 0 Å². The average Bonchev–Trinajstić information content (AvgIpc) is 2.94. The molecule has 1 aromatic carbocycles. The number of hydrogen-bond donors (Lipinski definition) is 1. The largest absolute Gasteiger partial charge is 0.467 e. The van der Waals surface area contributed by atoms with Crippen LogP contribution in [-0.4, -0.2) is 9.55 Å². The van der Waals surface area contributed by atoms with E-state index >= 15 is 0 Å². The monoisotopic (exact) mass is 241 g/mol. The molecule has 2 N–H and O–H groups in total. The van der Waals surface area contributed by atoms with Crippen molar-refractivity contribution in [3.05, 3.63) is 47.9 Å². The van der Waals surface area contributed by atoms with Crippen molar-refractivity contribution in [2.75, 3.05) is 5.73 Å². The smallest absolute Gasteiger partial charge is 0.201 e. The van der Waals surface area contributed by atoms with Gasteiger partial charge in [-0.15, -0.1) is 0 Å². The van der Waals surface area contributed by atoms with Crippen molar-refractivity contribution in [3.63, 3.8) is 0 Å². The van der Waals surface area contributed by atoms with E-state index in [9.17, 15) is 0 Å². The molecule has 92 valence electrons. The van der Waals surface area contributed by atoms with Gasteiger partial charge in [0.15, 0.2) is 0 Å². The number of imidazole rings is 1. The lowest BCUT2D eigenvalue weighted by Crippen LogP contribution is -2.09. The third-order valence-electron chi connectivity index (χ3n) is 3.21. The fraction of sp³-hybridized carbons (Fsp3) is 0.214. The number of fused-ring (bicyclic) bond motifs is 1. The van der Waals surface area contributed by atoms with E-state index in [1.807, 2.05) is 35.8 Å². The number of anilines is 1. The minimum absolute atomic E-state index is 0.0349. The van der Waals surface area contributed by atoms with Gasteiger partial charge in [-0.05, 0) is 43.7 Å². The first-order chi connectivity index (χ1) is 8.66. The van der Waals surface area contributed by atoms with Crippen molar-refractivity contribution in [1.29, 1.82) is 0 Å². The van der Waals surface area contributed by atoms with Gasteiger partial charge in [0.1, 0.15) is 5.76 Å². The molecule has 4 heteroatoms. The molecular weight excluding hydrogens is 226 g/mol. The van der Waals surface area contributed by atoms with Crippen molar-refractivity contribution in [2.24, 2.45) is 0 Å². The lowest BCUT2D eigenvalue weighted by Gasteiger charge is -2.13. The van der Waals surface area contributed by atoms with Gasteiger partial charge in [-0.2, -0.15) is 0 Å². The van der Waals surface area contributed by atoms with E-state index < -0.39 is 0 Å². The highest BCUT2D eigenvalue weighted by atomic mass is 16.3. The Morgan fingerprint density at radius 2 is 2.17 bits per heavy atom. The minimum atomic E-state index is 0.0349. The molecular formula is C14H15N3O. The topological polar surface area (TPSA) is 57.0 Å². The van der Waals surface area contributed by atoms with Crippen LogP contribution in [0.1, 0.15) is 24.3 Å². The Morgan fingerprint density at radius 3 is 2.89 bits per heavy atom. The van der Waals surface area contributed by atoms with Crippen LogP contribution in [0.4, 0.5) is 5.95 Å². The summed E-state index contributed by atoms with van der Waals surface area (Å²) in [6.07, 6.45) is 1.67. The summed E-state index contributed by atoms with van der Waals surface area (Å²) in [5.41, 5.74) is 9.15. The van der Waals surface area contributed by atoms with Gasteiger partial charge >= 0.3 is 0 Å². The molecule has 0 radical (unpaired) electrons. The summed E-state index contributed by atoms with van der Waals surface area (Å²) in [7, 11) is 0. The number of rotatable bonds is 2. The molecule has 0 amide bonds. The SMILES string of the molecule is Cc1ccc2c(c1)nc(N)n2C(C)c1ccco1. The van der Waals surface area contributed by atoms with Gasteiger partial charge in [0.05, 0.1) is 23.3 Å². The summed E-state index contributed by atoms with van der Waals surface area (Å²) < 4.78 is 7.44. The van der Waals surface area contributed by atoms with Crippen molar-refractivity contribution < 1.29 is 4.42 Å². The quantitative estimate of drug-likeness (QED) is 0.749. The van der Waals surface area contributed by atoms with Gasteiger partial charge in [-0.3, -0.25) is 0 Å². The van der Waals surface area contributed by atoms with E-state index in [-0.39, 0.29) is 6.04 Å². The Morgan fingerprint density at radius 1 is 1.33 bits per heavy atom. The van der Waals surface area contributed by atoms with Crippen LogP contribution in [0, 0.1) is 6.92 Å². The third-order valence-corrected chi connectivity index (χ3v) is 3.21. The van der Waals surface area contributed by atoms with Gasteiger partial charge in [0.25, 0.3) is 0 Å². The van der Waals surface area contributed by atoms with Gasteiger partial charge in [0, 0.05) is 0 Å². The van der Waals surface area contributed by atoms with Crippen LogP contribution in [-0.2, 0) is 0 Å². The molecule has 0 aliphatic rings. The van der Waals surface area contributed by atoms with E-state index in [1.54, 1.807) is 6.26 Å². The van der Waals surface area contributed by atoms with E-state index in [0.29, 0.717) is 5.95 Å². The van der Waals surface area contributed by atoms with E-state index in [2.05, 4.69) is 18.0 Å². The minimum Gasteiger partial charge on any atom is -0.467 e. The van der Waals surface area contributed by atoms with Gasteiger partial charge in [-0.1, -0.05) is 6.07 Å². The summed E-state index contributed by atoms with van der Waals surface area (Å²) in [6.45, 7) is 4.10. The Hall–Kier alpha value is -2.23. The maximum absolute atomic E-state index is 6.02. The lowest BCUT2D eigenvalue weighted by molar-refractivity contribution is 0.453. The maximum Gasteiger partial charge on any atom is 0.201 e. The maximum atomic E-state index is 6.02. The predicted octanol–water partition coefficient (Wildman–Crippen LogP) is 3.13. The first-order valence-electron chi connectivity index (χ1n) is 5.94.